The van der Waals surface area contributed by atoms with E-state index in [1.165, 1.54) is 6.08 Å². The third kappa shape index (κ3) is 4.37. The van der Waals surface area contributed by atoms with Crippen molar-refractivity contribution in [3.8, 4) is 17.2 Å². The third-order valence-electron chi connectivity index (χ3n) is 2.43. The van der Waals surface area contributed by atoms with Crippen LogP contribution in [0.5, 0.6) is 17.2 Å². The van der Waals surface area contributed by atoms with E-state index < -0.39 is 0 Å². The lowest BCUT2D eigenvalue weighted by molar-refractivity contribution is -0.116. The maximum atomic E-state index is 11.1. The largest absolute Gasteiger partial charge is 0.496 e. The second-order valence-electron chi connectivity index (χ2n) is 3.44. The number of carbonyl (C=O) groups excluding carboxylic acids is 1. The first-order valence-electron chi connectivity index (χ1n) is 5.35. The van der Waals surface area contributed by atoms with Crippen LogP contribution in [-0.4, -0.2) is 27.2 Å². The maximum Gasteiger partial charge on any atom is 0.243 e. The smallest absolute Gasteiger partial charge is 0.243 e. The molecule has 0 saturated heterocycles. The predicted molar refractivity (Wildman–Crippen MR) is 75.4 cm³/mol. The fourth-order valence-electron chi connectivity index (χ4n) is 1.49. The summed E-state index contributed by atoms with van der Waals surface area (Å²) < 4.78 is 15.6. The molecular formula is C13H18ClNO4. The number of halogens is 1. The normalized spacial score (nSPS) is 9.00. The Kier molecular flexibility index (Phi) is 7.44. The quantitative estimate of drug-likeness (QED) is 0.813. The van der Waals surface area contributed by atoms with E-state index in [2.05, 4.69) is 11.9 Å². The van der Waals surface area contributed by atoms with Crippen molar-refractivity contribution in [2.24, 2.45) is 0 Å². The van der Waals surface area contributed by atoms with Crippen molar-refractivity contribution in [3.63, 3.8) is 0 Å². The molecule has 0 bridgehead atoms. The monoisotopic (exact) mass is 287 g/mol. The molecule has 0 unspecified atom stereocenters. The van der Waals surface area contributed by atoms with Crippen molar-refractivity contribution in [2.45, 2.75) is 6.54 Å². The predicted octanol–water partition coefficient (Wildman–Crippen LogP) is 1.94. The summed E-state index contributed by atoms with van der Waals surface area (Å²) in [5.41, 5.74) is 0.797. The molecule has 0 spiro atoms. The van der Waals surface area contributed by atoms with Crippen LogP contribution in [0.15, 0.2) is 24.8 Å². The first kappa shape index (κ1) is 17.1. The standard InChI is InChI=1S/C13H17NO4.ClH/c1-5-13(15)14-8-9-6-11(17-3)12(18-4)7-10(9)16-2;/h5-7H,1,8H2,2-4H3,(H,14,15);1H. The summed E-state index contributed by atoms with van der Waals surface area (Å²) in [5, 5.41) is 2.68. The van der Waals surface area contributed by atoms with Crippen molar-refractivity contribution in [2.75, 3.05) is 21.3 Å². The van der Waals surface area contributed by atoms with Crippen LogP contribution in [0.4, 0.5) is 0 Å². The molecule has 0 aliphatic rings. The van der Waals surface area contributed by atoms with E-state index >= 15 is 0 Å². The molecule has 0 radical (unpaired) electrons. The summed E-state index contributed by atoms with van der Waals surface area (Å²) in [7, 11) is 4.66. The highest BCUT2D eigenvalue weighted by atomic mass is 35.5. The molecule has 0 saturated carbocycles. The first-order valence-corrected chi connectivity index (χ1v) is 5.35. The third-order valence-corrected chi connectivity index (χ3v) is 2.43. The lowest BCUT2D eigenvalue weighted by Gasteiger charge is -2.14. The lowest BCUT2D eigenvalue weighted by atomic mass is 10.1. The summed E-state index contributed by atoms with van der Waals surface area (Å²) in [6, 6.07) is 3.48. The summed E-state index contributed by atoms with van der Waals surface area (Å²) in [5.74, 6) is 1.54. The minimum absolute atomic E-state index is 0. The van der Waals surface area contributed by atoms with Gasteiger partial charge in [-0.2, -0.15) is 0 Å². The number of benzene rings is 1. The van der Waals surface area contributed by atoms with Gasteiger partial charge in [-0.05, 0) is 12.1 Å². The summed E-state index contributed by atoms with van der Waals surface area (Å²) >= 11 is 0. The van der Waals surface area contributed by atoms with E-state index in [1.54, 1.807) is 33.5 Å². The van der Waals surface area contributed by atoms with Crippen molar-refractivity contribution in [1.29, 1.82) is 0 Å². The number of hydrogen-bond acceptors (Lipinski definition) is 4. The summed E-state index contributed by atoms with van der Waals surface area (Å²) in [6.45, 7) is 3.72. The van der Waals surface area contributed by atoms with E-state index in [-0.39, 0.29) is 18.3 Å². The van der Waals surface area contributed by atoms with Gasteiger partial charge in [-0.1, -0.05) is 6.58 Å². The molecule has 5 nitrogen and oxygen atoms in total. The number of ether oxygens (including phenoxy) is 3. The first-order chi connectivity index (χ1) is 8.65. The zero-order valence-electron chi connectivity index (χ0n) is 11.2. The van der Waals surface area contributed by atoms with Gasteiger partial charge >= 0.3 is 0 Å². The fraction of sp³-hybridized carbons (Fsp3) is 0.308. The average Bonchev–Trinajstić information content (AvgIpc) is 2.43. The molecule has 0 aliphatic carbocycles. The second-order valence-corrected chi connectivity index (χ2v) is 3.44. The number of rotatable bonds is 6. The Labute approximate surface area is 119 Å². The van der Waals surface area contributed by atoms with Crippen LogP contribution in [0.25, 0.3) is 0 Å². The Morgan fingerprint density at radius 2 is 1.68 bits per heavy atom. The highest BCUT2D eigenvalue weighted by Gasteiger charge is 2.11. The van der Waals surface area contributed by atoms with E-state index in [9.17, 15) is 4.79 Å². The van der Waals surface area contributed by atoms with Gasteiger partial charge in [-0.15, -0.1) is 12.4 Å². The van der Waals surface area contributed by atoms with Crippen LogP contribution in [0, 0.1) is 0 Å². The highest BCUT2D eigenvalue weighted by Crippen LogP contribution is 2.34. The molecule has 1 amide bonds. The number of nitrogens with one attached hydrogen (secondary N) is 1. The van der Waals surface area contributed by atoms with Gasteiger partial charge in [0.2, 0.25) is 5.91 Å². The Bertz CT molecular complexity index is 449. The van der Waals surface area contributed by atoms with E-state index in [1.807, 2.05) is 0 Å². The van der Waals surface area contributed by atoms with Crippen LogP contribution in [0.2, 0.25) is 0 Å². The highest BCUT2D eigenvalue weighted by molar-refractivity contribution is 5.86. The molecule has 19 heavy (non-hydrogen) atoms. The van der Waals surface area contributed by atoms with Gasteiger partial charge in [0.25, 0.3) is 0 Å². The van der Waals surface area contributed by atoms with Gasteiger partial charge < -0.3 is 19.5 Å². The molecule has 0 heterocycles. The topological polar surface area (TPSA) is 56.8 Å². The summed E-state index contributed by atoms with van der Waals surface area (Å²) in [4.78, 5) is 11.1. The van der Waals surface area contributed by atoms with Crippen LogP contribution in [-0.2, 0) is 11.3 Å². The van der Waals surface area contributed by atoms with Crippen molar-refractivity contribution < 1.29 is 19.0 Å². The molecule has 6 heteroatoms. The SMILES string of the molecule is C=CC(=O)NCc1cc(OC)c(OC)cc1OC.Cl. The van der Waals surface area contributed by atoms with Gasteiger partial charge in [0.15, 0.2) is 11.5 Å². The molecular weight excluding hydrogens is 270 g/mol. The van der Waals surface area contributed by atoms with Crippen LogP contribution < -0.4 is 19.5 Å². The number of amides is 1. The Hall–Kier alpha value is -1.88. The van der Waals surface area contributed by atoms with Crippen molar-refractivity contribution in [1.82, 2.24) is 5.32 Å². The Morgan fingerprint density at radius 1 is 1.16 bits per heavy atom. The maximum absolute atomic E-state index is 11.1. The molecule has 0 aliphatic heterocycles. The molecule has 1 rings (SSSR count). The van der Waals surface area contributed by atoms with Gasteiger partial charge in [-0.25, -0.2) is 0 Å². The molecule has 1 N–H and O–H groups in total. The molecule has 106 valence electrons. The van der Waals surface area contributed by atoms with Gasteiger partial charge in [0, 0.05) is 18.2 Å². The van der Waals surface area contributed by atoms with Gasteiger partial charge in [-0.3, -0.25) is 4.79 Å². The second kappa shape index (κ2) is 8.26. The average molecular weight is 288 g/mol. The molecule has 0 aromatic heterocycles. The Morgan fingerprint density at radius 3 is 2.16 bits per heavy atom. The van der Waals surface area contributed by atoms with E-state index in [0.717, 1.165) is 5.56 Å². The minimum Gasteiger partial charge on any atom is -0.496 e. The van der Waals surface area contributed by atoms with Crippen LogP contribution >= 0.6 is 12.4 Å². The van der Waals surface area contributed by atoms with Crippen LogP contribution in [0.1, 0.15) is 5.56 Å². The van der Waals surface area contributed by atoms with Gasteiger partial charge in [0.05, 0.1) is 21.3 Å². The number of methoxy groups -OCH3 is 3. The van der Waals surface area contributed by atoms with Crippen molar-refractivity contribution >= 4 is 18.3 Å². The van der Waals surface area contributed by atoms with E-state index in [0.29, 0.717) is 23.8 Å². The molecule has 0 fully saturated rings. The Balaban J connectivity index is 0.00000324. The van der Waals surface area contributed by atoms with Gasteiger partial charge in [0.1, 0.15) is 5.75 Å². The number of carbonyl (C=O) groups is 1. The zero-order chi connectivity index (χ0) is 13.5. The fourth-order valence-corrected chi connectivity index (χ4v) is 1.49. The van der Waals surface area contributed by atoms with E-state index in [4.69, 9.17) is 14.2 Å². The van der Waals surface area contributed by atoms with Crippen molar-refractivity contribution in [3.05, 3.63) is 30.4 Å². The number of hydrogen-bond donors (Lipinski definition) is 1. The van der Waals surface area contributed by atoms with Crippen LogP contribution in [0.3, 0.4) is 0 Å². The minimum atomic E-state index is -0.244. The molecule has 1 aromatic rings. The lowest BCUT2D eigenvalue weighted by Crippen LogP contribution is -2.20. The summed E-state index contributed by atoms with van der Waals surface area (Å²) in [6.07, 6.45) is 1.22. The molecule has 0 atom stereocenters. The zero-order valence-corrected chi connectivity index (χ0v) is 12.0. The molecule has 1 aromatic carbocycles.